The third-order valence-electron chi connectivity index (χ3n) is 3.95. The van der Waals surface area contributed by atoms with Crippen LogP contribution in [-0.2, 0) is 0 Å². The lowest BCUT2D eigenvalue weighted by Crippen LogP contribution is -2.09. The average molecular weight is 278 g/mol. The van der Waals surface area contributed by atoms with Crippen molar-refractivity contribution < 1.29 is 5.11 Å². The summed E-state index contributed by atoms with van der Waals surface area (Å²) in [6.07, 6.45) is 2.22. The average Bonchev–Trinajstić information content (AvgIpc) is 3.32. The topological polar surface area (TPSA) is 66.0 Å². The predicted octanol–water partition coefficient (Wildman–Crippen LogP) is 3.17. The van der Waals surface area contributed by atoms with Crippen molar-refractivity contribution in [2.75, 3.05) is 0 Å². The monoisotopic (exact) mass is 278 g/mol. The molecular weight excluding hydrogens is 264 g/mol. The van der Waals surface area contributed by atoms with Crippen LogP contribution in [0.25, 0.3) is 22.3 Å². The molecule has 1 saturated carbocycles. The van der Waals surface area contributed by atoms with E-state index in [9.17, 15) is 9.90 Å². The molecule has 1 aliphatic carbocycles. The maximum Gasteiger partial charge on any atom is 0.259 e. The minimum absolute atomic E-state index is 0.188. The molecule has 4 heteroatoms. The Morgan fingerprint density at radius 1 is 1.10 bits per heavy atom. The molecule has 1 aromatic heterocycles. The van der Waals surface area contributed by atoms with Crippen molar-refractivity contribution in [1.82, 2.24) is 9.97 Å². The number of aromatic nitrogens is 2. The van der Waals surface area contributed by atoms with Crippen LogP contribution >= 0.6 is 0 Å². The zero-order valence-electron chi connectivity index (χ0n) is 11.3. The number of nitrogens with zero attached hydrogens (tertiary/aromatic N) is 1. The van der Waals surface area contributed by atoms with E-state index in [0.29, 0.717) is 28.2 Å². The molecule has 104 valence electrons. The zero-order valence-corrected chi connectivity index (χ0v) is 11.3. The second-order valence-electron chi connectivity index (χ2n) is 5.45. The summed E-state index contributed by atoms with van der Waals surface area (Å²) in [5, 5.41) is 11.0. The molecule has 1 fully saturated rings. The van der Waals surface area contributed by atoms with E-state index in [4.69, 9.17) is 0 Å². The van der Waals surface area contributed by atoms with E-state index < -0.39 is 0 Å². The molecule has 2 aromatic carbocycles. The van der Waals surface area contributed by atoms with Gasteiger partial charge in [-0.05, 0) is 42.5 Å². The molecule has 0 bridgehead atoms. The standard InChI is InChI=1S/C17H14N2O2/c20-15-11(10-8-9-10)5-3-6-13(15)16-18-14-7-2-1-4-12(14)17(21)19-16/h1-7,10,20H,8-9H2,(H,18,19,21). The molecule has 0 aliphatic heterocycles. The number of fused-ring (bicyclic) bond motifs is 1. The fourth-order valence-electron chi connectivity index (χ4n) is 2.69. The number of phenolic OH excluding ortho intramolecular Hbond substituents is 1. The Kier molecular flexibility index (Phi) is 2.57. The van der Waals surface area contributed by atoms with Crippen LogP contribution in [0.1, 0.15) is 24.3 Å². The van der Waals surface area contributed by atoms with Crippen LogP contribution in [0.2, 0.25) is 0 Å². The summed E-state index contributed by atoms with van der Waals surface area (Å²) in [7, 11) is 0. The normalized spacial score (nSPS) is 14.5. The molecule has 0 amide bonds. The number of aromatic hydroxyl groups is 1. The molecule has 4 rings (SSSR count). The number of hydrogen-bond donors (Lipinski definition) is 2. The highest BCUT2D eigenvalue weighted by molar-refractivity contribution is 5.80. The van der Waals surface area contributed by atoms with E-state index in [-0.39, 0.29) is 11.3 Å². The van der Waals surface area contributed by atoms with E-state index in [2.05, 4.69) is 9.97 Å². The fourth-order valence-corrected chi connectivity index (χ4v) is 2.69. The van der Waals surface area contributed by atoms with Crippen LogP contribution in [-0.4, -0.2) is 15.1 Å². The molecule has 21 heavy (non-hydrogen) atoms. The van der Waals surface area contributed by atoms with Crippen LogP contribution in [0, 0.1) is 0 Å². The lowest BCUT2D eigenvalue weighted by Gasteiger charge is -2.09. The maximum atomic E-state index is 12.1. The maximum absolute atomic E-state index is 12.1. The highest BCUT2D eigenvalue weighted by atomic mass is 16.3. The third kappa shape index (κ3) is 2.00. The van der Waals surface area contributed by atoms with Gasteiger partial charge in [-0.2, -0.15) is 0 Å². The molecule has 0 radical (unpaired) electrons. The van der Waals surface area contributed by atoms with E-state index >= 15 is 0 Å². The minimum atomic E-state index is -0.188. The number of rotatable bonds is 2. The molecule has 4 nitrogen and oxygen atoms in total. The van der Waals surface area contributed by atoms with Crippen LogP contribution in [0.3, 0.4) is 0 Å². The Bertz CT molecular complexity index is 895. The molecule has 0 unspecified atom stereocenters. The van der Waals surface area contributed by atoms with E-state index in [0.717, 1.165) is 18.4 Å². The van der Waals surface area contributed by atoms with Gasteiger partial charge in [0.1, 0.15) is 11.6 Å². The van der Waals surface area contributed by atoms with E-state index in [1.807, 2.05) is 24.3 Å². The summed E-state index contributed by atoms with van der Waals surface area (Å²) in [4.78, 5) is 19.4. The smallest absolute Gasteiger partial charge is 0.259 e. The fraction of sp³-hybridized carbons (Fsp3) is 0.176. The molecular formula is C17H14N2O2. The van der Waals surface area contributed by atoms with Gasteiger partial charge in [0.05, 0.1) is 16.5 Å². The Balaban J connectivity index is 1.94. The van der Waals surface area contributed by atoms with E-state index in [1.165, 1.54) is 0 Å². The van der Waals surface area contributed by atoms with Gasteiger partial charge >= 0.3 is 0 Å². The summed E-state index contributed by atoms with van der Waals surface area (Å²) in [5.41, 5.74) is 1.98. The first kappa shape index (κ1) is 12.1. The van der Waals surface area contributed by atoms with Crippen molar-refractivity contribution in [3.8, 4) is 17.1 Å². The van der Waals surface area contributed by atoms with Crippen molar-refractivity contribution in [2.24, 2.45) is 0 Å². The molecule has 2 N–H and O–H groups in total. The summed E-state index contributed by atoms with van der Waals surface area (Å²) < 4.78 is 0. The van der Waals surface area contributed by atoms with Gasteiger partial charge in [-0.25, -0.2) is 4.98 Å². The van der Waals surface area contributed by atoms with Gasteiger partial charge in [0.25, 0.3) is 5.56 Å². The van der Waals surface area contributed by atoms with Gasteiger partial charge in [-0.1, -0.05) is 24.3 Å². The summed E-state index contributed by atoms with van der Waals surface area (Å²) >= 11 is 0. The van der Waals surface area contributed by atoms with Gasteiger partial charge < -0.3 is 10.1 Å². The SMILES string of the molecule is O=c1[nH]c(-c2cccc(C3CC3)c2O)nc2ccccc12. The largest absolute Gasteiger partial charge is 0.507 e. The Morgan fingerprint density at radius 2 is 1.90 bits per heavy atom. The first-order valence-corrected chi connectivity index (χ1v) is 7.05. The van der Waals surface area contributed by atoms with Gasteiger partial charge in [0.2, 0.25) is 0 Å². The quantitative estimate of drug-likeness (QED) is 0.756. The zero-order chi connectivity index (χ0) is 14.4. The Labute approximate surface area is 121 Å². The van der Waals surface area contributed by atoms with Crippen molar-refractivity contribution >= 4 is 10.9 Å². The minimum Gasteiger partial charge on any atom is -0.507 e. The number of phenols is 1. The number of H-pyrrole nitrogens is 1. The summed E-state index contributed by atoms with van der Waals surface area (Å²) in [6, 6.07) is 12.8. The van der Waals surface area contributed by atoms with Crippen LogP contribution in [0.4, 0.5) is 0 Å². The Hall–Kier alpha value is -2.62. The molecule has 0 atom stereocenters. The highest BCUT2D eigenvalue weighted by Crippen LogP contribution is 2.46. The second kappa shape index (κ2) is 4.45. The van der Waals surface area contributed by atoms with Gasteiger partial charge in [-0.3, -0.25) is 4.79 Å². The van der Waals surface area contributed by atoms with Crippen LogP contribution in [0.5, 0.6) is 5.75 Å². The number of nitrogens with one attached hydrogen (secondary N) is 1. The molecule has 0 saturated heterocycles. The van der Waals surface area contributed by atoms with Gasteiger partial charge in [-0.15, -0.1) is 0 Å². The number of hydrogen-bond acceptors (Lipinski definition) is 3. The number of benzene rings is 2. The lowest BCUT2D eigenvalue weighted by molar-refractivity contribution is 0.470. The number of aromatic amines is 1. The highest BCUT2D eigenvalue weighted by Gasteiger charge is 2.27. The number of para-hydroxylation sites is 2. The summed E-state index contributed by atoms with van der Waals surface area (Å²) in [6.45, 7) is 0. The Morgan fingerprint density at radius 3 is 2.71 bits per heavy atom. The molecule has 1 heterocycles. The molecule has 0 spiro atoms. The first-order chi connectivity index (χ1) is 10.2. The lowest BCUT2D eigenvalue weighted by atomic mass is 10.0. The first-order valence-electron chi connectivity index (χ1n) is 7.05. The predicted molar refractivity (Wildman–Crippen MR) is 81.4 cm³/mol. The van der Waals surface area contributed by atoms with Crippen molar-refractivity contribution in [2.45, 2.75) is 18.8 Å². The van der Waals surface area contributed by atoms with Gasteiger partial charge in [0.15, 0.2) is 0 Å². The third-order valence-corrected chi connectivity index (χ3v) is 3.95. The van der Waals surface area contributed by atoms with Crippen molar-refractivity contribution in [1.29, 1.82) is 0 Å². The van der Waals surface area contributed by atoms with Gasteiger partial charge in [0, 0.05) is 0 Å². The second-order valence-corrected chi connectivity index (χ2v) is 5.45. The van der Waals surface area contributed by atoms with Crippen LogP contribution in [0.15, 0.2) is 47.3 Å². The molecule has 3 aromatic rings. The van der Waals surface area contributed by atoms with Crippen molar-refractivity contribution in [3.05, 3.63) is 58.4 Å². The molecule has 1 aliphatic rings. The summed E-state index contributed by atoms with van der Waals surface area (Å²) in [5.74, 6) is 1.09. The van der Waals surface area contributed by atoms with Crippen molar-refractivity contribution in [3.63, 3.8) is 0 Å². The van der Waals surface area contributed by atoms with Crippen LogP contribution < -0.4 is 5.56 Å². The van der Waals surface area contributed by atoms with E-state index in [1.54, 1.807) is 18.2 Å².